The minimum Gasteiger partial charge on any atom is -0.391 e. The first-order valence-electron chi connectivity index (χ1n) is 9.55. The Balaban J connectivity index is 1.92. The zero-order valence-electron chi connectivity index (χ0n) is 16.0. The van der Waals surface area contributed by atoms with Crippen molar-refractivity contribution >= 4 is 38.8 Å². The van der Waals surface area contributed by atoms with Gasteiger partial charge in [-0.15, -0.1) is 11.3 Å². The van der Waals surface area contributed by atoms with Gasteiger partial charge in [-0.3, -0.25) is 4.98 Å². The summed E-state index contributed by atoms with van der Waals surface area (Å²) < 4.78 is 1.11. The van der Waals surface area contributed by atoms with Gasteiger partial charge in [-0.1, -0.05) is 25.4 Å². The van der Waals surface area contributed by atoms with Crippen molar-refractivity contribution in [1.82, 2.24) is 4.98 Å². The fraction of sp³-hybridized carbons (Fsp3) is 0.409. The van der Waals surface area contributed by atoms with Crippen LogP contribution in [0.5, 0.6) is 0 Å². The summed E-state index contributed by atoms with van der Waals surface area (Å²) in [7, 11) is 2.22. The zero-order chi connectivity index (χ0) is 19.1. The predicted octanol–water partition coefficient (Wildman–Crippen LogP) is 5.91. The predicted molar refractivity (Wildman–Crippen MR) is 116 cm³/mol. The third-order valence-corrected chi connectivity index (χ3v) is 7.05. The molecule has 3 nitrogen and oxygen atoms in total. The maximum atomic E-state index is 9.56. The molecule has 5 heteroatoms. The highest BCUT2D eigenvalue weighted by Crippen LogP contribution is 2.44. The molecule has 0 aliphatic heterocycles. The molecule has 1 saturated carbocycles. The highest BCUT2D eigenvalue weighted by molar-refractivity contribution is 7.19. The second kappa shape index (κ2) is 7.42. The maximum Gasteiger partial charge on any atom is 0.0819 e. The molecule has 2 aromatic heterocycles. The molecule has 142 valence electrons. The van der Waals surface area contributed by atoms with Gasteiger partial charge >= 0.3 is 0 Å². The number of nitrogens with zero attached hydrogens (tertiary/aromatic N) is 2. The summed E-state index contributed by atoms with van der Waals surface area (Å²) in [6.07, 6.45) is 5.27. The van der Waals surface area contributed by atoms with E-state index in [0.717, 1.165) is 38.0 Å². The molecule has 0 spiro atoms. The Morgan fingerprint density at radius 2 is 2.04 bits per heavy atom. The summed E-state index contributed by atoms with van der Waals surface area (Å²) in [4.78, 5) is 7.89. The molecule has 0 atom stereocenters. The first-order chi connectivity index (χ1) is 13.0. The van der Waals surface area contributed by atoms with E-state index in [9.17, 15) is 5.11 Å². The smallest absolute Gasteiger partial charge is 0.0819 e. The largest absolute Gasteiger partial charge is 0.391 e. The van der Waals surface area contributed by atoms with Gasteiger partial charge < -0.3 is 10.0 Å². The highest BCUT2D eigenvalue weighted by Gasteiger charge is 2.31. The normalized spacial score (nSPS) is 19.3. The molecule has 0 amide bonds. The average Bonchev–Trinajstić information content (AvgIpc) is 3.07. The number of aryl methyl sites for hydroxylation is 1. The Labute approximate surface area is 169 Å². The minimum absolute atomic E-state index is 0.0446. The van der Waals surface area contributed by atoms with E-state index >= 15 is 0 Å². The second-order valence-corrected chi connectivity index (χ2v) is 9.17. The monoisotopic (exact) mass is 400 g/mol. The van der Waals surface area contributed by atoms with E-state index < -0.39 is 0 Å². The van der Waals surface area contributed by atoms with Crippen molar-refractivity contribution in [3.8, 4) is 11.1 Å². The summed E-state index contributed by atoms with van der Waals surface area (Å²) >= 11 is 8.13. The fourth-order valence-corrected chi connectivity index (χ4v) is 5.43. The maximum absolute atomic E-state index is 9.56. The number of hydrogen-bond donors (Lipinski definition) is 1. The van der Waals surface area contributed by atoms with Crippen LogP contribution in [-0.2, 0) is 13.0 Å². The second-order valence-electron chi connectivity index (χ2n) is 7.60. The minimum atomic E-state index is 0.0446. The number of thiophene rings is 1. The first-order valence-corrected chi connectivity index (χ1v) is 10.7. The molecular weight excluding hydrogens is 376 g/mol. The molecule has 1 aliphatic rings. The van der Waals surface area contributed by atoms with Crippen LogP contribution < -0.4 is 4.90 Å². The SMILES string of the molecule is CCc1cc(Cl)cc(-c2ccnc3cc(CO)sc23)c1N(C)C1CC(C)C1. The Morgan fingerprint density at radius 1 is 1.26 bits per heavy atom. The lowest BCUT2D eigenvalue weighted by molar-refractivity contribution is 0.281. The van der Waals surface area contributed by atoms with Crippen LogP contribution in [0.1, 0.15) is 37.1 Å². The van der Waals surface area contributed by atoms with Gasteiger partial charge in [0.15, 0.2) is 0 Å². The molecule has 2 heterocycles. The Morgan fingerprint density at radius 3 is 2.70 bits per heavy atom. The topological polar surface area (TPSA) is 36.4 Å². The lowest BCUT2D eigenvalue weighted by Crippen LogP contribution is -2.42. The first kappa shape index (κ1) is 18.7. The van der Waals surface area contributed by atoms with Crippen LogP contribution in [0.2, 0.25) is 5.02 Å². The van der Waals surface area contributed by atoms with Crippen LogP contribution >= 0.6 is 22.9 Å². The molecule has 3 aromatic rings. The number of aromatic nitrogens is 1. The van der Waals surface area contributed by atoms with Crippen LogP contribution in [0.15, 0.2) is 30.5 Å². The van der Waals surface area contributed by atoms with E-state index in [0.29, 0.717) is 6.04 Å². The summed E-state index contributed by atoms with van der Waals surface area (Å²) in [5, 5.41) is 10.3. The van der Waals surface area contributed by atoms with Gasteiger partial charge in [0.1, 0.15) is 0 Å². The molecular formula is C22H25ClN2OS. The third-order valence-electron chi connectivity index (χ3n) is 5.69. The number of hydrogen-bond acceptors (Lipinski definition) is 4. The van der Waals surface area contributed by atoms with E-state index in [4.69, 9.17) is 11.6 Å². The molecule has 0 saturated heterocycles. The van der Waals surface area contributed by atoms with Crippen molar-refractivity contribution < 1.29 is 5.11 Å². The Hall–Kier alpha value is -1.62. The van der Waals surface area contributed by atoms with E-state index in [-0.39, 0.29) is 6.61 Å². The number of fused-ring (bicyclic) bond motifs is 1. The molecule has 0 unspecified atom stereocenters. The average molecular weight is 401 g/mol. The van der Waals surface area contributed by atoms with Crippen LogP contribution in [-0.4, -0.2) is 23.2 Å². The van der Waals surface area contributed by atoms with Gasteiger partial charge in [-0.2, -0.15) is 0 Å². The number of anilines is 1. The van der Waals surface area contributed by atoms with Crippen LogP contribution in [0.25, 0.3) is 21.3 Å². The van der Waals surface area contributed by atoms with E-state index in [1.807, 2.05) is 12.3 Å². The van der Waals surface area contributed by atoms with E-state index in [1.54, 1.807) is 11.3 Å². The molecule has 1 N–H and O–H groups in total. The molecule has 27 heavy (non-hydrogen) atoms. The molecule has 4 rings (SSSR count). The number of benzene rings is 1. The molecule has 0 bridgehead atoms. The standard InChI is InChI=1S/C22H25ClN2OS/c1-4-14-9-15(23)10-19(21(14)25(3)16-7-13(2)8-16)18-5-6-24-20-11-17(12-26)27-22(18)20/h5-6,9-11,13,16,26H,4,7-8,12H2,1-3H3. The fourth-order valence-electron chi connectivity index (χ4n) is 4.18. The summed E-state index contributed by atoms with van der Waals surface area (Å²) in [5.74, 6) is 0.801. The molecule has 1 aliphatic carbocycles. The highest BCUT2D eigenvalue weighted by atomic mass is 35.5. The van der Waals surface area contributed by atoms with Crippen molar-refractivity contribution in [3.05, 3.63) is 45.9 Å². The van der Waals surface area contributed by atoms with Crippen LogP contribution in [0.4, 0.5) is 5.69 Å². The summed E-state index contributed by atoms with van der Waals surface area (Å²) in [6.45, 7) is 4.55. The number of aliphatic hydroxyl groups is 1. The molecule has 0 radical (unpaired) electrons. The van der Waals surface area contributed by atoms with Gasteiger partial charge in [0.05, 0.1) is 16.8 Å². The lowest BCUT2D eigenvalue weighted by Gasteiger charge is -2.42. The molecule has 1 aromatic carbocycles. The van der Waals surface area contributed by atoms with Gasteiger partial charge in [-0.05, 0) is 55.0 Å². The number of rotatable bonds is 5. The Kier molecular flexibility index (Phi) is 5.15. The van der Waals surface area contributed by atoms with Crippen molar-refractivity contribution in [3.63, 3.8) is 0 Å². The van der Waals surface area contributed by atoms with Gasteiger partial charge in [0, 0.05) is 46.0 Å². The van der Waals surface area contributed by atoms with Gasteiger partial charge in [0.2, 0.25) is 0 Å². The number of aliphatic hydroxyl groups excluding tert-OH is 1. The Bertz CT molecular complexity index is 978. The number of halogens is 1. The van der Waals surface area contributed by atoms with E-state index in [2.05, 4.69) is 49.0 Å². The molecule has 1 fully saturated rings. The number of pyridine rings is 1. The van der Waals surface area contributed by atoms with Crippen LogP contribution in [0, 0.1) is 5.92 Å². The van der Waals surface area contributed by atoms with Gasteiger partial charge in [0.25, 0.3) is 0 Å². The quantitative estimate of drug-likeness (QED) is 0.578. The summed E-state index contributed by atoms with van der Waals surface area (Å²) in [6, 6.07) is 8.82. The van der Waals surface area contributed by atoms with Crippen LogP contribution in [0.3, 0.4) is 0 Å². The van der Waals surface area contributed by atoms with Crippen molar-refractivity contribution in [2.24, 2.45) is 5.92 Å². The zero-order valence-corrected chi connectivity index (χ0v) is 17.6. The van der Waals surface area contributed by atoms with Crippen molar-refractivity contribution in [2.45, 2.75) is 45.8 Å². The van der Waals surface area contributed by atoms with E-state index in [1.165, 1.54) is 29.7 Å². The third kappa shape index (κ3) is 3.35. The lowest BCUT2D eigenvalue weighted by atomic mass is 9.80. The summed E-state index contributed by atoms with van der Waals surface area (Å²) in [5.41, 5.74) is 5.82. The van der Waals surface area contributed by atoms with Crippen molar-refractivity contribution in [1.29, 1.82) is 0 Å². The van der Waals surface area contributed by atoms with Gasteiger partial charge in [-0.25, -0.2) is 0 Å². The van der Waals surface area contributed by atoms with Crippen molar-refractivity contribution in [2.75, 3.05) is 11.9 Å².